The Morgan fingerprint density at radius 2 is 2.05 bits per heavy atom. The Kier molecular flexibility index (Phi) is 6.31. The summed E-state index contributed by atoms with van der Waals surface area (Å²) in [6, 6.07) is -0.639. The zero-order valence-corrected chi connectivity index (χ0v) is 12.3. The van der Waals surface area contributed by atoms with Crippen LogP contribution in [-0.2, 0) is 4.79 Å². The quantitative estimate of drug-likeness (QED) is 0.485. The van der Waals surface area contributed by atoms with Crippen molar-refractivity contribution in [3.05, 3.63) is 16.4 Å². The molecule has 0 bridgehead atoms. The molecule has 1 aromatic rings. The van der Waals surface area contributed by atoms with E-state index in [9.17, 15) is 14.9 Å². The maximum Gasteiger partial charge on any atom is 0.353 e. The van der Waals surface area contributed by atoms with Crippen molar-refractivity contribution in [1.82, 2.24) is 15.3 Å². The topological polar surface area (TPSA) is 122 Å². The molecule has 1 atom stereocenters. The first-order valence-electron chi connectivity index (χ1n) is 6.78. The van der Waals surface area contributed by atoms with Crippen LogP contribution in [0.3, 0.4) is 0 Å². The second-order valence-corrected chi connectivity index (χ2v) is 4.36. The van der Waals surface area contributed by atoms with Gasteiger partial charge in [0, 0.05) is 13.1 Å². The fourth-order valence-corrected chi connectivity index (χ4v) is 1.63. The summed E-state index contributed by atoms with van der Waals surface area (Å²) in [6.45, 7) is 6.41. The molecule has 1 rings (SSSR count). The summed E-state index contributed by atoms with van der Waals surface area (Å²) < 4.78 is 0. The van der Waals surface area contributed by atoms with Crippen LogP contribution >= 0.6 is 0 Å². The maximum atomic E-state index is 11.8. The first kappa shape index (κ1) is 16.6. The Morgan fingerprint density at radius 3 is 2.62 bits per heavy atom. The van der Waals surface area contributed by atoms with Gasteiger partial charge in [0.05, 0.1) is 4.92 Å². The summed E-state index contributed by atoms with van der Waals surface area (Å²) in [5.74, 6) is -0.0963. The molecular weight excluding hydrogens is 276 g/mol. The van der Waals surface area contributed by atoms with Crippen LogP contribution in [-0.4, -0.2) is 39.9 Å². The van der Waals surface area contributed by atoms with Crippen LogP contribution < -0.4 is 16.0 Å². The van der Waals surface area contributed by atoms with Crippen molar-refractivity contribution >= 4 is 23.2 Å². The van der Waals surface area contributed by atoms with Crippen molar-refractivity contribution in [3.8, 4) is 0 Å². The van der Waals surface area contributed by atoms with Gasteiger partial charge in [-0.05, 0) is 20.3 Å². The van der Waals surface area contributed by atoms with Crippen LogP contribution in [0.2, 0.25) is 0 Å². The lowest BCUT2D eigenvalue weighted by Crippen LogP contribution is -2.38. The number of carbonyl (C=O) groups excluding carboxylic acids is 1. The van der Waals surface area contributed by atoms with Crippen LogP contribution in [0.4, 0.5) is 17.3 Å². The highest BCUT2D eigenvalue weighted by atomic mass is 16.6. The lowest BCUT2D eigenvalue weighted by Gasteiger charge is -2.15. The van der Waals surface area contributed by atoms with Crippen molar-refractivity contribution in [2.24, 2.45) is 0 Å². The summed E-state index contributed by atoms with van der Waals surface area (Å²) >= 11 is 0. The van der Waals surface area contributed by atoms with E-state index in [1.807, 2.05) is 6.92 Å². The smallest absolute Gasteiger partial charge is 0.353 e. The molecule has 1 unspecified atom stereocenters. The van der Waals surface area contributed by atoms with E-state index in [4.69, 9.17) is 0 Å². The molecule has 0 aliphatic carbocycles. The molecule has 3 N–H and O–H groups in total. The van der Waals surface area contributed by atoms with Gasteiger partial charge in [-0.2, -0.15) is 0 Å². The van der Waals surface area contributed by atoms with Crippen molar-refractivity contribution in [3.63, 3.8) is 0 Å². The van der Waals surface area contributed by atoms with Gasteiger partial charge < -0.3 is 16.0 Å². The van der Waals surface area contributed by atoms with Gasteiger partial charge in [-0.1, -0.05) is 6.92 Å². The highest BCUT2D eigenvalue weighted by Gasteiger charge is 2.25. The molecule has 0 saturated carbocycles. The van der Waals surface area contributed by atoms with Gasteiger partial charge in [0.25, 0.3) is 0 Å². The Labute approximate surface area is 122 Å². The monoisotopic (exact) mass is 296 g/mol. The molecule has 0 radical (unpaired) electrons. The minimum atomic E-state index is -0.639. The van der Waals surface area contributed by atoms with Gasteiger partial charge >= 0.3 is 5.69 Å². The third kappa shape index (κ3) is 4.55. The van der Waals surface area contributed by atoms with Gasteiger partial charge in [0.1, 0.15) is 12.4 Å². The van der Waals surface area contributed by atoms with Crippen LogP contribution in [0.25, 0.3) is 0 Å². The van der Waals surface area contributed by atoms with E-state index in [1.54, 1.807) is 13.8 Å². The highest BCUT2D eigenvalue weighted by molar-refractivity contribution is 5.85. The second kappa shape index (κ2) is 7.98. The minimum absolute atomic E-state index is 0.0186. The number of rotatable bonds is 8. The predicted octanol–water partition coefficient (Wildman–Crippen LogP) is 1.14. The first-order valence-corrected chi connectivity index (χ1v) is 6.78. The van der Waals surface area contributed by atoms with E-state index in [1.165, 1.54) is 6.33 Å². The van der Waals surface area contributed by atoms with E-state index in [2.05, 4.69) is 25.9 Å². The Hall–Kier alpha value is -2.45. The largest absolute Gasteiger partial charge is 0.364 e. The maximum absolute atomic E-state index is 11.8. The molecule has 116 valence electrons. The van der Waals surface area contributed by atoms with Crippen molar-refractivity contribution in [2.75, 3.05) is 23.7 Å². The molecule has 0 fully saturated rings. The molecule has 21 heavy (non-hydrogen) atoms. The average Bonchev–Trinajstić information content (AvgIpc) is 2.44. The highest BCUT2D eigenvalue weighted by Crippen LogP contribution is 2.28. The summed E-state index contributed by atoms with van der Waals surface area (Å²) in [5.41, 5.74) is -0.269. The van der Waals surface area contributed by atoms with Gasteiger partial charge in [-0.3, -0.25) is 14.9 Å². The minimum Gasteiger partial charge on any atom is -0.364 e. The third-order valence-corrected chi connectivity index (χ3v) is 2.64. The lowest BCUT2D eigenvalue weighted by atomic mass is 10.3. The number of hydrogen-bond acceptors (Lipinski definition) is 7. The number of nitrogens with one attached hydrogen (secondary N) is 3. The lowest BCUT2D eigenvalue weighted by molar-refractivity contribution is -0.383. The van der Waals surface area contributed by atoms with E-state index >= 15 is 0 Å². The summed E-state index contributed by atoms with van der Waals surface area (Å²) in [6.07, 6.45) is 2.03. The molecule has 0 saturated heterocycles. The Morgan fingerprint density at radius 1 is 1.38 bits per heavy atom. The molecule has 0 aromatic carbocycles. The molecule has 0 spiro atoms. The van der Waals surface area contributed by atoms with Crippen LogP contribution in [0, 0.1) is 10.1 Å². The van der Waals surface area contributed by atoms with Gasteiger partial charge in [-0.15, -0.1) is 0 Å². The number of anilines is 2. The Balaban J connectivity index is 2.94. The number of nitrogens with zero attached hydrogens (tertiary/aromatic N) is 3. The number of aromatic nitrogens is 2. The van der Waals surface area contributed by atoms with E-state index < -0.39 is 11.0 Å². The summed E-state index contributed by atoms with van der Waals surface area (Å²) in [4.78, 5) is 30.1. The van der Waals surface area contributed by atoms with Gasteiger partial charge in [0.15, 0.2) is 0 Å². The van der Waals surface area contributed by atoms with Crippen molar-refractivity contribution < 1.29 is 9.72 Å². The number of amides is 1. The third-order valence-electron chi connectivity index (χ3n) is 2.64. The normalized spacial score (nSPS) is 11.6. The fraction of sp³-hybridized carbons (Fsp3) is 0.583. The zero-order valence-electron chi connectivity index (χ0n) is 12.3. The zero-order chi connectivity index (χ0) is 15.8. The first-order chi connectivity index (χ1) is 10.0. The molecule has 9 heteroatoms. The molecular formula is C12H20N6O3. The summed E-state index contributed by atoms with van der Waals surface area (Å²) in [5, 5.41) is 19.5. The molecule has 1 amide bonds. The predicted molar refractivity (Wildman–Crippen MR) is 79.2 cm³/mol. The molecule has 0 aliphatic rings. The van der Waals surface area contributed by atoms with E-state index in [0.717, 1.165) is 6.42 Å². The SMILES string of the molecule is CCCNC(=O)C(C)Nc1ncnc(NCC)c1[N+](=O)[O-]. The van der Waals surface area contributed by atoms with Crippen LogP contribution in [0.15, 0.2) is 6.33 Å². The number of nitro groups is 1. The average molecular weight is 296 g/mol. The molecule has 0 aliphatic heterocycles. The van der Waals surface area contributed by atoms with E-state index in [0.29, 0.717) is 13.1 Å². The Bertz CT molecular complexity index is 508. The van der Waals surface area contributed by atoms with Crippen molar-refractivity contribution in [1.29, 1.82) is 0 Å². The standard InChI is InChI=1S/C12H20N6O3/c1-4-6-14-12(19)8(3)17-11-9(18(20)21)10(13-5-2)15-7-16-11/h7-8H,4-6H2,1-3H3,(H,14,19)(H2,13,15,16,17). The molecule has 1 aromatic heterocycles. The summed E-state index contributed by atoms with van der Waals surface area (Å²) in [7, 11) is 0. The van der Waals surface area contributed by atoms with Gasteiger partial charge in [-0.25, -0.2) is 9.97 Å². The number of hydrogen-bond donors (Lipinski definition) is 3. The molecule has 9 nitrogen and oxygen atoms in total. The van der Waals surface area contributed by atoms with Crippen LogP contribution in [0.1, 0.15) is 27.2 Å². The van der Waals surface area contributed by atoms with Crippen molar-refractivity contribution in [2.45, 2.75) is 33.2 Å². The molecule has 1 heterocycles. The number of carbonyl (C=O) groups is 1. The van der Waals surface area contributed by atoms with Gasteiger partial charge in [0.2, 0.25) is 17.5 Å². The fourth-order valence-electron chi connectivity index (χ4n) is 1.63. The second-order valence-electron chi connectivity index (χ2n) is 4.36. The van der Waals surface area contributed by atoms with Crippen LogP contribution in [0.5, 0.6) is 0 Å². The van der Waals surface area contributed by atoms with E-state index in [-0.39, 0.29) is 23.2 Å².